The standard InChI is InChI=1S/C12H6F5N/c13-8-2-4-11(18-6-8)7-1-3-10(14)9(5-7)12(15,16)17/h1-6H. The van der Waals surface area contributed by atoms with Gasteiger partial charge in [0.15, 0.2) is 0 Å². The van der Waals surface area contributed by atoms with Gasteiger partial charge in [0.05, 0.1) is 17.5 Å². The fourth-order valence-corrected chi connectivity index (χ4v) is 1.45. The van der Waals surface area contributed by atoms with E-state index in [4.69, 9.17) is 0 Å². The normalized spacial score (nSPS) is 11.6. The molecule has 0 bridgehead atoms. The molecule has 0 saturated carbocycles. The summed E-state index contributed by atoms with van der Waals surface area (Å²) in [6, 6.07) is 4.81. The van der Waals surface area contributed by atoms with E-state index >= 15 is 0 Å². The van der Waals surface area contributed by atoms with Crippen molar-refractivity contribution in [2.45, 2.75) is 6.18 Å². The Morgan fingerprint density at radius 1 is 0.944 bits per heavy atom. The number of alkyl halides is 3. The van der Waals surface area contributed by atoms with Gasteiger partial charge >= 0.3 is 6.18 Å². The predicted molar refractivity (Wildman–Crippen MR) is 54.6 cm³/mol. The Balaban J connectivity index is 2.50. The molecule has 2 rings (SSSR count). The molecule has 0 saturated heterocycles. The minimum atomic E-state index is -4.78. The van der Waals surface area contributed by atoms with Gasteiger partial charge in [-0.1, -0.05) is 0 Å². The minimum absolute atomic E-state index is 0.0729. The zero-order valence-corrected chi connectivity index (χ0v) is 8.80. The molecule has 94 valence electrons. The lowest BCUT2D eigenvalue weighted by atomic mass is 10.1. The summed E-state index contributed by atoms with van der Waals surface area (Å²) in [7, 11) is 0. The zero-order valence-electron chi connectivity index (χ0n) is 8.80. The van der Waals surface area contributed by atoms with E-state index in [9.17, 15) is 22.0 Å². The van der Waals surface area contributed by atoms with Crippen molar-refractivity contribution in [1.82, 2.24) is 4.98 Å². The van der Waals surface area contributed by atoms with Gasteiger partial charge in [-0.25, -0.2) is 8.78 Å². The third kappa shape index (κ3) is 2.47. The van der Waals surface area contributed by atoms with Crippen LogP contribution in [0.5, 0.6) is 0 Å². The zero-order chi connectivity index (χ0) is 13.3. The first kappa shape index (κ1) is 12.5. The van der Waals surface area contributed by atoms with Crippen molar-refractivity contribution in [3.63, 3.8) is 0 Å². The molecule has 0 atom stereocenters. The monoisotopic (exact) mass is 259 g/mol. The number of rotatable bonds is 1. The van der Waals surface area contributed by atoms with Gasteiger partial charge in [-0.15, -0.1) is 0 Å². The van der Waals surface area contributed by atoms with Gasteiger partial charge in [0, 0.05) is 5.56 Å². The molecular formula is C12H6F5N. The van der Waals surface area contributed by atoms with Gasteiger partial charge in [0.25, 0.3) is 0 Å². The molecule has 18 heavy (non-hydrogen) atoms. The number of nitrogens with zero attached hydrogens (tertiary/aromatic N) is 1. The van der Waals surface area contributed by atoms with Crippen LogP contribution in [0.25, 0.3) is 11.3 Å². The van der Waals surface area contributed by atoms with Crippen LogP contribution in [0.4, 0.5) is 22.0 Å². The van der Waals surface area contributed by atoms with Gasteiger partial charge in [-0.3, -0.25) is 4.98 Å². The highest BCUT2D eigenvalue weighted by molar-refractivity contribution is 5.60. The molecule has 0 spiro atoms. The van der Waals surface area contributed by atoms with E-state index in [2.05, 4.69) is 4.98 Å². The molecule has 0 aliphatic rings. The second kappa shape index (κ2) is 4.36. The summed E-state index contributed by atoms with van der Waals surface area (Å²) in [5.41, 5.74) is -1.16. The second-order valence-corrected chi connectivity index (χ2v) is 3.55. The summed E-state index contributed by atoms with van der Waals surface area (Å²) in [5, 5.41) is 0. The Labute approximate surface area is 98.9 Å². The Hall–Kier alpha value is -1.98. The first-order chi connectivity index (χ1) is 8.38. The Bertz CT molecular complexity index is 560. The van der Waals surface area contributed by atoms with Crippen LogP contribution in [0.1, 0.15) is 5.56 Å². The Morgan fingerprint density at radius 2 is 1.67 bits per heavy atom. The predicted octanol–water partition coefficient (Wildman–Crippen LogP) is 4.05. The summed E-state index contributed by atoms with van der Waals surface area (Å²) < 4.78 is 63.1. The fraction of sp³-hybridized carbons (Fsp3) is 0.0833. The van der Waals surface area contributed by atoms with Gasteiger partial charge in [0.2, 0.25) is 0 Å². The molecule has 0 aliphatic carbocycles. The Morgan fingerprint density at radius 3 is 2.22 bits per heavy atom. The van der Waals surface area contributed by atoms with E-state index in [1.54, 1.807) is 0 Å². The summed E-state index contributed by atoms with van der Waals surface area (Å²) in [6.45, 7) is 0. The van der Waals surface area contributed by atoms with Crippen LogP contribution < -0.4 is 0 Å². The number of pyridine rings is 1. The fourth-order valence-electron chi connectivity index (χ4n) is 1.45. The van der Waals surface area contributed by atoms with Crippen LogP contribution in [-0.2, 0) is 6.18 Å². The number of hydrogen-bond donors (Lipinski definition) is 0. The van der Waals surface area contributed by atoms with Crippen molar-refractivity contribution >= 4 is 0 Å². The SMILES string of the molecule is Fc1ccc(-c2ccc(F)c(C(F)(F)F)c2)nc1. The van der Waals surface area contributed by atoms with Gasteiger partial charge in [-0.05, 0) is 30.3 Å². The number of benzene rings is 1. The van der Waals surface area contributed by atoms with Gasteiger partial charge in [-0.2, -0.15) is 13.2 Å². The van der Waals surface area contributed by atoms with E-state index in [-0.39, 0.29) is 11.3 Å². The summed E-state index contributed by atoms with van der Waals surface area (Å²) in [5.74, 6) is -1.95. The van der Waals surface area contributed by atoms with Crippen molar-refractivity contribution in [3.8, 4) is 11.3 Å². The lowest BCUT2D eigenvalue weighted by Crippen LogP contribution is -2.08. The van der Waals surface area contributed by atoms with E-state index in [1.807, 2.05) is 0 Å². The maximum Gasteiger partial charge on any atom is 0.419 e. The molecule has 0 radical (unpaired) electrons. The van der Waals surface area contributed by atoms with Crippen molar-refractivity contribution in [3.05, 3.63) is 53.7 Å². The topological polar surface area (TPSA) is 12.9 Å². The number of aromatic nitrogens is 1. The molecule has 0 fully saturated rings. The lowest BCUT2D eigenvalue weighted by molar-refractivity contribution is -0.139. The van der Waals surface area contributed by atoms with Crippen molar-refractivity contribution in [2.24, 2.45) is 0 Å². The average molecular weight is 259 g/mol. The first-order valence-corrected chi connectivity index (χ1v) is 4.86. The number of hydrogen-bond acceptors (Lipinski definition) is 1. The van der Waals surface area contributed by atoms with Crippen LogP contribution >= 0.6 is 0 Å². The van der Waals surface area contributed by atoms with Crippen LogP contribution in [-0.4, -0.2) is 4.98 Å². The van der Waals surface area contributed by atoms with Crippen LogP contribution in [0.2, 0.25) is 0 Å². The molecule has 1 aromatic heterocycles. The smallest absolute Gasteiger partial charge is 0.253 e. The first-order valence-electron chi connectivity index (χ1n) is 4.86. The quantitative estimate of drug-likeness (QED) is 0.704. The minimum Gasteiger partial charge on any atom is -0.253 e. The average Bonchev–Trinajstić information content (AvgIpc) is 2.29. The molecule has 1 aromatic carbocycles. The highest BCUT2D eigenvalue weighted by Gasteiger charge is 2.34. The van der Waals surface area contributed by atoms with Crippen LogP contribution in [0.3, 0.4) is 0 Å². The lowest BCUT2D eigenvalue weighted by Gasteiger charge is -2.09. The van der Waals surface area contributed by atoms with Gasteiger partial charge in [0.1, 0.15) is 11.6 Å². The van der Waals surface area contributed by atoms with Crippen LogP contribution in [0.15, 0.2) is 36.5 Å². The van der Waals surface area contributed by atoms with E-state index in [1.165, 1.54) is 6.07 Å². The molecule has 2 aromatic rings. The molecule has 0 N–H and O–H groups in total. The highest BCUT2D eigenvalue weighted by atomic mass is 19.4. The van der Waals surface area contributed by atoms with E-state index in [0.29, 0.717) is 12.1 Å². The van der Waals surface area contributed by atoms with Gasteiger partial charge < -0.3 is 0 Å². The maximum atomic E-state index is 13.0. The maximum absolute atomic E-state index is 13.0. The molecule has 6 heteroatoms. The summed E-state index contributed by atoms with van der Waals surface area (Å²) in [6.07, 6.45) is -3.90. The van der Waals surface area contributed by atoms with Crippen molar-refractivity contribution in [2.75, 3.05) is 0 Å². The molecule has 1 heterocycles. The van der Waals surface area contributed by atoms with Crippen molar-refractivity contribution < 1.29 is 22.0 Å². The largest absolute Gasteiger partial charge is 0.419 e. The molecule has 0 unspecified atom stereocenters. The van der Waals surface area contributed by atoms with E-state index < -0.39 is 23.4 Å². The molecular weight excluding hydrogens is 253 g/mol. The molecule has 1 nitrogen and oxygen atoms in total. The van der Waals surface area contributed by atoms with E-state index in [0.717, 1.165) is 18.3 Å². The highest BCUT2D eigenvalue weighted by Crippen LogP contribution is 2.33. The third-order valence-corrected chi connectivity index (χ3v) is 2.29. The summed E-state index contributed by atoms with van der Waals surface area (Å²) in [4.78, 5) is 3.64. The number of halogens is 5. The van der Waals surface area contributed by atoms with Crippen LogP contribution in [0, 0.1) is 11.6 Å². The third-order valence-electron chi connectivity index (χ3n) is 2.29. The second-order valence-electron chi connectivity index (χ2n) is 3.55. The van der Waals surface area contributed by atoms with Crippen molar-refractivity contribution in [1.29, 1.82) is 0 Å². The molecule has 0 aliphatic heterocycles. The Kier molecular flexibility index (Phi) is 3.02. The molecule has 0 amide bonds. The summed E-state index contributed by atoms with van der Waals surface area (Å²) >= 11 is 0.